The summed E-state index contributed by atoms with van der Waals surface area (Å²) in [6.45, 7) is 2.44. The van der Waals surface area contributed by atoms with Gasteiger partial charge in [0.25, 0.3) is 5.69 Å². The number of amides is 1. The van der Waals surface area contributed by atoms with Crippen LogP contribution >= 0.6 is 11.8 Å². The molecule has 0 bridgehead atoms. The smallest absolute Gasteiger partial charge is 0.269 e. The van der Waals surface area contributed by atoms with E-state index in [-0.39, 0.29) is 17.3 Å². The van der Waals surface area contributed by atoms with E-state index in [1.807, 2.05) is 66.1 Å². The minimum atomic E-state index is -0.438. The molecule has 0 aliphatic rings. The van der Waals surface area contributed by atoms with E-state index in [0.717, 1.165) is 16.8 Å². The van der Waals surface area contributed by atoms with E-state index in [2.05, 4.69) is 15.5 Å². The first-order valence-corrected chi connectivity index (χ1v) is 11.2. The highest BCUT2D eigenvalue weighted by Gasteiger charge is 2.17. The van der Waals surface area contributed by atoms with E-state index in [1.165, 1.54) is 23.9 Å². The highest BCUT2D eigenvalue weighted by molar-refractivity contribution is 7.99. The van der Waals surface area contributed by atoms with Crippen LogP contribution in [-0.2, 0) is 11.3 Å². The molecule has 166 valence electrons. The van der Waals surface area contributed by atoms with Gasteiger partial charge in [-0.05, 0) is 36.2 Å². The van der Waals surface area contributed by atoms with Gasteiger partial charge in [-0.25, -0.2) is 0 Å². The van der Waals surface area contributed by atoms with E-state index >= 15 is 0 Å². The Morgan fingerprint density at radius 3 is 2.39 bits per heavy atom. The van der Waals surface area contributed by atoms with Gasteiger partial charge in [0.1, 0.15) is 0 Å². The van der Waals surface area contributed by atoms with E-state index in [1.54, 1.807) is 12.1 Å². The molecule has 0 spiro atoms. The number of thioether (sulfide) groups is 1. The highest BCUT2D eigenvalue weighted by atomic mass is 32.2. The van der Waals surface area contributed by atoms with E-state index in [4.69, 9.17) is 0 Å². The predicted molar refractivity (Wildman–Crippen MR) is 128 cm³/mol. The molecule has 0 aliphatic heterocycles. The van der Waals surface area contributed by atoms with Gasteiger partial charge in [0.2, 0.25) is 5.91 Å². The number of para-hydroxylation sites is 1. The highest BCUT2D eigenvalue weighted by Crippen LogP contribution is 2.27. The van der Waals surface area contributed by atoms with Crippen molar-refractivity contribution in [3.8, 4) is 11.4 Å². The minimum absolute atomic E-state index is 0.00958. The molecule has 9 heteroatoms. The van der Waals surface area contributed by atoms with Crippen LogP contribution in [0.1, 0.15) is 11.1 Å². The molecule has 4 aromatic rings. The Bertz CT molecular complexity index is 1270. The van der Waals surface area contributed by atoms with Crippen LogP contribution in [0.2, 0.25) is 0 Å². The number of benzene rings is 3. The van der Waals surface area contributed by atoms with Crippen molar-refractivity contribution in [2.75, 3.05) is 11.1 Å². The van der Waals surface area contributed by atoms with Crippen LogP contribution in [0.4, 0.5) is 11.4 Å². The van der Waals surface area contributed by atoms with Crippen LogP contribution < -0.4 is 5.32 Å². The van der Waals surface area contributed by atoms with Gasteiger partial charge < -0.3 is 5.32 Å². The minimum Gasteiger partial charge on any atom is -0.325 e. The monoisotopic (exact) mass is 459 g/mol. The number of non-ortho nitro benzene ring substituents is 1. The molecule has 1 N–H and O–H groups in total. The summed E-state index contributed by atoms with van der Waals surface area (Å²) in [4.78, 5) is 23.1. The molecular formula is C24H21N5O3S. The number of aryl methyl sites for hydroxylation is 1. The molecule has 1 amide bonds. The molecule has 0 atom stereocenters. The maximum absolute atomic E-state index is 12.5. The fourth-order valence-electron chi connectivity index (χ4n) is 3.28. The summed E-state index contributed by atoms with van der Waals surface area (Å²) in [7, 11) is 0. The summed E-state index contributed by atoms with van der Waals surface area (Å²) in [5.41, 5.74) is 3.53. The molecular weight excluding hydrogens is 438 g/mol. The van der Waals surface area contributed by atoms with Crippen molar-refractivity contribution in [2.45, 2.75) is 18.6 Å². The van der Waals surface area contributed by atoms with Gasteiger partial charge in [-0.1, -0.05) is 60.3 Å². The molecule has 1 heterocycles. The normalized spacial score (nSPS) is 10.7. The second kappa shape index (κ2) is 10.1. The van der Waals surface area contributed by atoms with Crippen molar-refractivity contribution in [2.24, 2.45) is 0 Å². The molecule has 0 radical (unpaired) electrons. The molecule has 4 rings (SSSR count). The van der Waals surface area contributed by atoms with E-state index < -0.39 is 4.92 Å². The topological polar surface area (TPSA) is 103 Å². The fourth-order valence-corrected chi connectivity index (χ4v) is 4.02. The van der Waals surface area contributed by atoms with Crippen molar-refractivity contribution >= 4 is 29.0 Å². The maximum Gasteiger partial charge on any atom is 0.269 e. The Kier molecular flexibility index (Phi) is 6.80. The number of carbonyl (C=O) groups excluding carboxylic acids is 1. The molecule has 0 unspecified atom stereocenters. The van der Waals surface area contributed by atoms with Gasteiger partial charge in [-0.2, -0.15) is 0 Å². The maximum atomic E-state index is 12.5. The predicted octanol–water partition coefficient (Wildman–Crippen LogP) is 4.94. The molecule has 3 aromatic carbocycles. The van der Waals surface area contributed by atoms with Crippen LogP contribution in [-0.4, -0.2) is 31.3 Å². The third kappa shape index (κ3) is 5.45. The number of aromatic nitrogens is 3. The van der Waals surface area contributed by atoms with Gasteiger partial charge >= 0.3 is 0 Å². The second-order valence-corrected chi connectivity index (χ2v) is 8.28. The molecule has 8 nitrogen and oxygen atoms in total. The summed E-state index contributed by atoms with van der Waals surface area (Å²) < 4.78 is 1.92. The Labute approximate surface area is 194 Å². The van der Waals surface area contributed by atoms with Crippen LogP contribution in [0.15, 0.2) is 84.0 Å². The fraction of sp³-hybridized carbons (Fsp3) is 0.125. The Morgan fingerprint density at radius 2 is 1.70 bits per heavy atom. The van der Waals surface area contributed by atoms with E-state index in [0.29, 0.717) is 23.1 Å². The van der Waals surface area contributed by atoms with Gasteiger partial charge in [-0.3, -0.25) is 19.5 Å². The van der Waals surface area contributed by atoms with Crippen LogP contribution in [0.25, 0.3) is 11.4 Å². The van der Waals surface area contributed by atoms with Crippen LogP contribution in [0.3, 0.4) is 0 Å². The average Bonchev–Trinajstić information content (AvgIpc) is 3.22. The summed E-state index contributed by atoms with van der Waals surface area (Å²) in [6, 6.07) is 23.6. The lowest BCUT2D eigenvalue weighted by molar-refractivity contribution is -0.384. The lowest BCUT2D eigenvalue weighted by atomic mass is 10.2. The largest absolute Gasteiger partial charge is 0.325 e. The van der Waals surface area contributed by atoms with E-state index in [9.17, 15) is 14.9 Å². The van der Waals surface area contributed by atoms with Crippen molar-refractivity contribution in [3.63, 3.8) is 0 Å². The quantitative estimate of drug-likeness (QED) is 0.227. The molecule has 0 saturated carbocycles. The van der Waals surface area contributed by atoms with Crippen molar-refractivity contribution in [3.05, 3.63) is 100 Å². The zero-order valence-corrected chi connectivity index (χ0v) is 18.7. The van der Waals surface area contributed by atoms with Crippen molar-refractivity contribution in [1.82, 2.24) is 14.8 Å². The zero-order chi connectivity index (χ0) is 23.2. The molecule has 33 heavy (non-hydrogen) atoms. The number of anilines is 1. The van der Waals surface area contributed by atoms with Gasteiger partial charge in [0.05, 0.1) is 17.2 Å². The number of carbonyl (C=O) groups is 1. The van der Waals surface area contributed by atoms with Crippen LogP contribution in [0.5, 0.6) is 0 Å². The van der Waals surface area contributed by atoms with Gasteiger partial charge in [0.15, 0.2) is 11.0 Å². The number of nitro groups is 1. The lowest BCUT2D eigenvalue weighted by Crippen LogP contribution is -2.15. The number of nitrogens with one attached hydrogen (secondary N) is 1. The first kappa shape index (κ1) is 22.2. The Balaban J connectivity index is 1.57. The third-order valence-corrected chi connectivity index (χ3v) is 5.95. The molecule has 1 aromatic heterocycles. The Hall–Kier alpha value is -3.98. The number of hydrogen-bond donors (Lipinski definition) is 1. The average molecular weight is 460 g/mol. The number of rotatable bonds is 8. The van der Waals surface area contributed by atoms with Gasteiger partial charge in [-0.15, -0.1) is 10.2 Å². The molecule has 0 fully saturated rings. The lowest BCUT2D eigenvalue weighted by Gasteiger charge is -2.11. The zero-order valence-electron chi connectivity index (χ0n) is 17.8. The van der Waals surface area contributed by atoms with Crippen LogP contribution in [0, 0.1) is 17.0 Å². The number of hydrogen-bond acceptors (Lipinski definition) is 6. The molecule has 0 saturated heterocycles. The van der Waals surface area contributed by atoms with Crippen molar-refractivity contribution in [1.29, 1.82) is 0 Å². The second-order valence-electron chi connectivity index (χ2n) is 7.33. The first-order valence-electron chi connectivity index (χ1n) is 10.2. The SMILES string of the molecule is Cc1ccccc1NC(=O)CSc1nnc(-c2ccc([N+](=O)[O-])cc2)n1Cc1ccccc1. The summed E-state index contributed by atoms with van der Waals surface area (Å²) in [6.07, 6.45) is 0. The molecule has 0 aliphatic carbocycles. The van der Waals surface area contributed by atoms with Crippen molar-refractivity contribution < 1.29 is 9.72 Å². The standard InChI is InChI=1S/C24H21N5O3S/c1-17-7-5-6-10-21(17)25-22(30)16-33-24-27-26-23(19-11-13-20(14-12-19)29(31)32)28(24)15-18-8-3-2-4-9-18/h2-14H,15-16H2,1H3,(H,25,30). The summed E-state index contributed by atoms with van der Waals surface area (Å²) in [5, 5.41) is 23.1. The third-order valence-electron chi connectivity index (χ3n) is 4.99. The first-order chi connectivity index (χ1) is 16.0. The number of nitro benzene ring substituents is 1. The Morgan fingerprint density at radius 1 is 1.00 bits per heavy atom. The number of nitrogens with zero attached hydrogens (tertiary/aromatic N) is 4. The van der Waals surface area contributed by atoms with Gasteiger partial charge in [0, 0.05) is 23.4 Å². The summed E-state index contributed by atoms with van der Waals surface area (Å²) >= 11 is 1.29. The summed E-state index contributed by atoms with van der Waals surface area (Å²) in [5.74, 6) is 0.609.